The maximum Gasteiger partial charge on any atom is 0.257 e. The molecule has 1 amide bonds. The Hall–Kier alpha value is -2.47. The first kappa shape index (κ1) is 15.4. The summed E-state index contributed by atoms with van der Waals surface area (Å²) in [6.07, 6.45) is 3.36. The highest BCUT2D eigenvalue weighted by Gasteiger charge is 2.22. The van der Waals surface area contributed by atoms with Crippen LogP contribution in [0.2, 0.25) is 0 Å². The lowest BCUT2D eigenvalue weighted by molar-refractivity contribution is 0.0742. The molecule has 2 aromatic heterocycles. The SMILES string of the molecule is Cc1csc(C(C)N(C)C(=O)c2cnn(-c3ccccc3)c2)n1. The van der Waals surface area contributed by atoms with Gasteiger partial charge in [-0.2, -0.15) is 5.10 Å². The van der Waals surface area contributed by atoms with Crippen LogP contribution in [0.25, 0.3) is 5.69 Å². The number of carbonyl (C=O) groups excluding carboxylic acids is 1. The molecular weight excluding hydrogens is 308 g/mol. The number of rotatable bonds is 4. The highest BCUT2D eigenvalue weighted by Crippen LogP contribution is 2.24. The first-order valence-electron chi connectivity index (χ1n) is 7.35. The Morgan fingerprint density at radius 1 is 1.30 bits per heavy atom. The zero-order valence-corrected chi connectivity index (χ0v) is 14.1. The van der Waals surface area contributed by atoms with Gasteiger partial charge in [-0.1, -0.05) is 18.2 Å². The van der Waals surface area contributed by atoms with Crippen LogP contribution < -0.4 is 0 Å². The van der Waals surface area contributed by atoms with Gasteiger partial charge >= 0.3 is 0 Å². The van der Waals surface area contributed by atoms with E-state index in [1.807, 2.05) is 49.6 Å². The van der Waals surface area contributed by atoms with Crippen molar-refractivity contribution < 1.29 is 4.79 Å². The number of benzene rings is 1. The third-order valence-electron chi connectivity index (χ3n) is 3.75. The molecule has 0 radical (unpaired) electrons. The number of carbonyl (C=O) groups is 1. The number of amides is 1. The van der Waals surface area contributed by atoms with Crippen molar-refractivity contribution >= 4 is 17.2 Å². The van der Waals surface area contributed by atoms with Crippen LogP contribution in [0.1, 0.15) is 34.0 Å². The molecule has 1 atom stereocenters. The van der Waals surface area contributed by atoms with Crippen LogP contribution in [0.4, 0.5) is 0 Å². The number of thiazole rings is 1. The molecule has 0 aliphatic heterocycles. The third-order valence-corrected chi connectivity index (χ3v) is 4.88. The maximum atomic E-state index is 12.7. The van der Waals surface area contributed by atoms with Gasteiger partial charge in [0.05, 0.1) is 23.5 Å². The van der Waals surface area contributed by atoms with Crippen LogP contribution >= 0.6 is 11.3 Å². The minimum Gasteiger partial charge on any atom is -0.332 e. The highest BCUT2D eigenvalue weighted by atomic mass is 32.1. The summed E-state index contributed by atoms with van der Waals surface area (Å²) in [6.45, 7) is 3.94. The number of aryl methyl sites for hydroxylation is 1. The Morgan fingerprint density at radius 2 is 2.04 bits per heavy atom. The van der Waals surface area contributed by atoms with E-state index in [9.17, 15) is 4.79 Å². The molecule has 2 heterocycles. The first-order chi connectivity index (χ1) is 11.1. The van der Waals surface area contributed by atoms with Crippen molar-refractivity contribution in [2.24, 2.45) is 0 Å². The average molecular weight is 326 g/mol. The van der Waals surface area contributed by atoms with Gasteiger partial charge < -0.3 is 4.90 Å². The van der Waals surface area contributed by atoms with Crippen LogP contribution in [0.5, 0.6) is 0 Å². The molecule has 1 aromatic carbocycles. The summed E-state index contributed by atoms with van der Waals surface area (Å²) in [5.74, 6) is -0.0625. The fraction of sp³-hybridized carbons (Fsp3) is 0.235. The summed E-state index contributed by atoms with van der Waals surface area (Å²) in [5, 5.41) is 7.22. The largest absolute Gasteiger partial charge is 0.332 e. The lowest BCUT2D eigenvalue weighted by atomic mass is 10.2. The zero-order valence-electron chi connectivity index (χ0n) is 13.3. The van der Waals surface area contributed by atoms with Gasteiger partial charge in [-0.05, 0) is 26.0 Å². The van der Waals surface area contributed by atoms with Gasteiger partial charge in [0.1, 0.15) is 5.01 Å². The predicted molar refractivity (Wildman–Crippen MR) is 90.9 cm³/mol. The van der Waals surface area contributed by atoms with Crippen LogP contribution in [0.15, 0.2) is 48.1 Å². The molecule has 6 heteroatoms. The molecular formula is C17H18N4OS. The predicted octanol–water partition coefficient (Wildman–Crippen LogP) is 3.47. The highest BCUT2D eigenvalue weighted by molar-refractivity contribution is 7.09. The smallest absolute Gasteiger partial charge is 0.257 e. The van der Waals surface area contributed by atoms with E-state index in [1.54, 1.807) is 40.4 Å². The van der Waals surface area contributed by atoms with Crippen LogP contribution in [-0.2, 0) is 0 Å². The molecule has 0 spiro atoms. The first-order valence-corrected chi connectivity index (χ1v) is 8.23. The Bertz CT molecular complexity index is 809. The van der Waals surface area contributed by atoms with Crippen LogP contribution in [0, 0.1) is 6.92 Å². The minimum absolute atomic E-state index is 0.0625. The van der Waals surface area contributed by atoms with Gasteiger partial charge in [-0.3, -0.25) is 4.79 Å². The van der Waals surface area contributed by atoms with E-state index < -0.39 is 0 Å². The van der Waals surface area contributed by atoms with E-state index in [-0.39, 0.29) is 11.9 Å². The van der Waals surface area contributed by atoms with E-state index in [2.05, 4.69) is 10.1 Å². The number of hydrogen-bond donors (Lipinski definition) is 0. The maximum absolute atomic E-state index is 12.7. The second-order valence-corrected chi connectivity index (χ2v) is 6.32. The quantitative estimate of drug-likeness (QED) is 0.737. The van der Waals surface area contributed by atoms with Crippen LogP contribution in [0.3, 0.4) is 0 Å². The van der Waals surface area contributed by atoms with Crippen molar-refractivity contribution in [3.63, 3.8) is 0 Å². The zero-order chi connectivity index (χ0) is 16.4. The summed E-state index contributed by atoms with van der Waals surface area (Å²) in [6, 6.07) is 9.67. The molecule has 0 saturated carbocycles. The van der Waals surface area contributed by atoms with Gasteiger partial charge in [0, 0.05) is 24.3 Å². The van der Waals surface area contributed by atoms with Crippen molar-refractivity contribution in [3.05, 3.63) is 64.4 Å². The summed E-state index contributed by atoms with van der Waals surface area (Å²) in [5.41, 5.74) is 2.48. The Morgan fingerprint density at radius 3 is 2.70 bits per heavy atom. The second-order valence-electron chi connectivity index (χ2n) is 5.43. The van der Waals surface area contributed by atoms with E-state index in [4.69, 9.17) is 0 Å². The molecule has 1 unspecified atom stereocenters. The van der Waals surface area contributed by atoms with E-state index in [1.165, 1.54) is 0 Å². The van der Waals surface area contributed by atoms with Crippen molar-refractivity contribution in [1.29, 1.82) is 0 Å². The van der Waals surface area contributed by atoms with E-state index >= 15 is 0 Å². The van der Waals surface area contributed by atoms with Crippen molar-refractivity contribution in [1.82, 2.24) is 19.7 Å². The standard InChI is InChI=1S/C17H18N4OS/c1-12-11-23-16(19-12)13(2)20(3)17(22)14-9-18-21(10-14)15-7-5-4-6-8-15/h4-11,13H,1-3H3. The van der Waals surface area contributed by atoms with Crippen LogP contribution in [-0.4, -0.2) is 32.6 Å². The molecule has 0 bridgehead atoms. The normalized spacial score (nSPS) is 12.1. The third kappa shape index (κ3) is 3.17. The molecule has 23 heavy (non-hydrogen) atoms. The van der Waals surface area contributed by atoms with Crippen molar-refractivity contribution in [3.8, 4) is 5.69 Å². The summed E-state index contributed by atoms with van der Waals surface area (Å²) in [7, 11) is 1.80. The summed E-state index contributed by atoms with van der Waals surface area (Å²) in [4.78, 5) is 18.8. The molecule has 0 saturated heterocycles. The Balaban J connectivity index is 1.79. The molecule has 118 valence electrons. The summed E-state index contributed by atoms with van der Waals surface area (Å²) < 4.78 is 1.71. The number of para-hydroxylation sites is 1. The van der Waals surface area contributed by atoms with Crippen molar-refractivity contribution in [2.45, 2.75) is 19.9 Å². The number of nitrogens with zero attached hydrogens (tertiary/aromatic N) is 4. The van der Waals surface area contributed by atoms with Gasteiger partial charge in [0.2, 0.25) is 0 Å². The van der Waals surface area contributed by atoms with E-state index in [0.29, 0.717) is 5.56 Å². The molecule has 0 fully saturated rings. The lowest BCUT2D eigenvalue weighted by Gasteiger charge is -2.22. The van der Waals surface area contributed by atoms with Crippen molar-refractivity contribution in [2.75, 3.05) is 7.05 Å². The van der Waals surface area contributed by atoms with Gasteiger partial charge in [0.25, 0.3) is 5.91 Å². The summed E-state index contributed by atoms with van der Waals surface area (Å²) >= 11 is 1.57. The molecule has 0 aliphatic carbocycles. The minimum atomic E-state index is -0.0683. The molecule has 0 N–H and O–H groups in total. The fourth-order valence-electron chi connectivity index (χ4n) is 2.26. The molecule has 3 aromatic rings. The van der Waals surface area contributed by atoms with Gasteiger partial charge in [-0.15, -0.1) is 11.3 Å². The monoisotopic (exact) mass is 326 g/mol. The average Bonchev–Trinajstić information content (AvgIpc) is 3.23. The van der Waals surface area contributed by atoms with E-state index in [0.717, 1.165) is 16.4 Å². The van der Waals surface area contributed by atoms with Gasteiger partial charge in [-0.25, -0.2) is 9.67 Å². The van der Waals surface area contributed by atoms with Gasteiger partial charge in [0.15, 0.2) is 0 Å². The Labute approximate surface area is 139 Å². The Kier molecular flexibility index (Phi) is 4.25. The molecule has 3 rings (SSSR count). The molecule has 5 nitrogen and oxygen atoms in total. The molecule has 0 aliphatic rings. The number of aromatic nitrogens is 3. The lowest BCUT2D eigenvalue weighted by Crippen LogP contribution is -2.29. The number of hydrogen-bond acceptors (Lipinski definition) is 4. The fourth-order valence-corrected chi connectivity index (χ4v) is 3.16. The second kappa shape index (κ2) is 6.34. The topological polar surface area (TPSA) is 51.0 Å².